The van der Waals surface area contributed by atoms with Gasteiger partial charge in [-0.2, -0.15) is 4.31 Å². The first-order chi connectivity index (χ1) is 13.9. The highest BCUT2D eigenvalue weighted by atomic mass is 32.2. The molecule has 0 aliphatic carbocycles. The van der Waals surface area contributed by atoms with E-state index in [9.17, 15) is 13.2 Å². The van der Waals surface area contributed by atoms with Gasteiger partial charge in [-0.15, -0.1) is 0 Å². The largest absolute Gasteiger partial charge is 0.496 e. The fourth-order valence-corrected chi connectivity index (χ4v) is 5.82. The first-order valence-electron chi connectivity index (χ1n) is 10.0. The van der Waals surface area contributed by atoms with Crippen LogP contribution in [0.25, 0.3) is 0 Å². The molecule has 2 aromatic rings. The highest BCUT2D eigenvalue weighted by molar-refractivity contribution is 7.89. The molecular formula is C22H26N2O4S. The molecule has 2 aliphatic heterocycles. The van der Waals surface area contributed by atoms with Gasteiger partial charge in [0.2, 0.25) is 10.0 Å². The molecule has 1 saturated heterocycles. The van der Waals surface area contributed by atoms with Crippen molar-refractivity contribution in [3.63, 3.8) is 0 Å². The summed E-state index contributed by atoms with van der Waals surface area (Å²) in [4.78, 5) is 15.4. The lowest BCUT2D eigenvalue weighted by Crippen LogP contribution is -2.37. The smallest absolute Gasteiger partial charge is 0.262 e. The summed E-state index contributed by atoms with van der Waals surface area (Å²) in [6.45, 7) is 3.04. The number of piperidine rings is 1. The molecule has 0 aromatic heterocycles. The summed E-state index contributed by atoms with van der Waals surface area (Å²) in [6, 6.07) is 12.4. The lowest BCUT2D eigenvalue weighted by Gasteiger charge is -2.27. The van der Waals surface area contributed by atoms with Gasteiger partial charge in [0.15, 0.2) is 0 Å². The van der Waals surface area contributed by atoms with Crippen LogP contribution in [0.3, 0.4) is 0 Å². The van der Waals surface area contributed by atoms with Gasteiger partial charge < -0.3 is 9.64 Å². The van der Waals surface area contributed by atoms with Crippen molar-refractivity contribution in [1.82, 2.24) is 4.31 Å². The Hall–Kier alpha value is -2.38. The highest BCUT2D eigenvalue weighted by Gasteiger charge is 2.34. The van der Waals surface area contributed by atoms with Gasteiger partial charge in [-0.25, -0.2) is 8.42 Å². The van der Waals surface area contributed by atoms with E-state index in [-0.39, 0.29) is 22.4 Å². The molecule has 0 unspecified atom stereocenters. The maximum atomic E-state index is 13.5. The molecule has 2 heterocycles. The summed E-state index contributed by atoms with van der Waals surface area (Å²) < 4.78 is 33.1. The number of methoxy groups -OCH3 is 1. The van der Waals surface area contributed by atoms with E-state index < -0.39 is 10.0 Å². The number of nitrogens with zero attached hydrogens (tertiary/aromatic N) is 2. The molecule has 2 aliphatic rings. The highest BCUT2D eigenvalue weighted by Crippen LogP contribution is 2.35. The van der Waals surface area contributed by atoms with E-state index in [0.29, 0.717) is 18.8 Å². The molecule has 0 spiro atoms. The van der Waals surface area contributed by atoms with Crippen LogP contribution in [0, 0.1) is 0 Å². The maximum Gasteiger partial charge on any atom is 0.262 e. The third-order valence-corrected chi connectivity index (χ3v) is 7.67. The Bertz CT molecular complexity index is 1030. The SMILES string of the molecule is COc1ccc(S(=O)(=O)N2CCCCC2)cc1C(=O)N1c2ccccc2C[C@@H]1C. The average Bonchev–Trinajstić information content (AvgIpc) is 3.09. The van der Waals surface area contributed by atoms with Gasteiger partial charge in [0, 0.05) is 24.8 Å². The van der Waals surface area contributed by atoms with Gasteiger partial charge in [0.1, 0.15) is 5.75 Å². The second-order valence-electron chi connectivity index (χ2n) is 7.68. The molecule has 0 bridgehead atoms. The minimum atomic E-state index is -3.63. The number of ether oxygens (including phenoxy) is 1. The number of hydrogen-bond donors (Lipinski definition) is 0. The van der Waals surface area contributed by atoms with E-state index >= 15 is 0 Å². The maximum absolute atomic E-state index is 13.5. The zero-order valence-electron chi connectivity index (χ0n) is 16.8. The normalized spacial score (nSPS) is 19.8. The van der Waals surface area contributed by atoms with E-state index in [2.05, 4.69) is 0 Å². The lowest BCUT2D eigenvalue weighted by atomic mass is 10.1. The number of fused-ring (bicyclic) bond motifs is 1. The van der Waals surface area contributed by atoms with Crippen LogP contribution in [-0.4, -0.2) is 44.9 Å². The predicted octanol–water partition coefficient (Wildman–Crippen LogP) is 3.46. The van der Waals surface area contributed by atoms with Crippen LogP contribution in [0.2, 0.25) is 0 Å². The molecule has 4 rings (SSSR count). The van der Waals surface area contributed by atoms with Crippen molar-refractivity contribution in [2.75, 3.05) is 25.1 Å². The van der Waals surface area contributed by atoms with Gasteiger partial charge in [0.25, 0.3) is 5.91 Å². The summed E-state index contributed by atoms with van der Waals surface area (Å²) >= 11 is 0. The summed E-state index contributed by atoms with van der Waals surface area (Å²) in [6.07, 6.45) is 3.55. The average molecular weight is 415 g/mol. The molecule has 1 fully saturated rings. The molecule has 0 N–H and O–H groups in total. The lowest BCUT2D eigenvalue weighted by molar-refractivity contribution is 0.0978. The van der Waals surface area contributed by atoms with E-state index in [1.807, 2.05) is 31.2 Å². The number of carbonyl (C=O) groups excluding carboxylic acids is 1. The molecule has 154 valence electrons. The van der Waals surface area contributed by atoms with Gasteiger partial charge in [-0.1, -0.05) is 24.6 Å². The fraction of sp³-hybridized carbons (Fsp3) is 0.409. The molecule has 1 amide bonds. The summed E-state index contributed by atoms with van der Waals surface area (Å²) in [5, 5.41) is 0. The second-order valence-corrected chi connectivity index (χ2v) is 9.62. The number of benzene rings is 2. The Balaban J connectivity index is 1.74. The van der Waals surface area contributed by atoms with E-state index in [0.717, 1.165) is 36.9 Å². The number of carbonyl (C=O) groups is 1. The van der Waals surface area contributed by atoms with Crippen molar-refractivity contribution in [3.05, 3.63) is 53.6 Å². The van der Waals surface area contributed by atoms with Crippen molar-refractivity contribution in [2.45, 2.75) is 43.5 Å². The third kappa shape index (κ3) is 3.53. The monoisotopic (exact) mass is 414 g/mol. The molecule has 0 radical (unpaired) electrons. The molecule has 0 saturated carbocycles. The number of hydrogen-bond acceptors (Lipinski definition) is 4. The van der Waals surface area contributed by atoms with E-state index in [1.54, 1.807) is 11.0 Å². The number of para-hydroxylation sites is 1. The van der Waals surface area contributed by atoms with Gasteiger partial charge >= 0.3 is 0 Å². The third-order valence-electron chi connectivity index (χ3n) is 5.78. The molecule has 29 heavy (non-hydrogen) atoms. The van der Waals surface area contributed by atoms with Crippen molar-refractivity contribution in [1.29, 1.82) is 0 Å². The Morgan fingerprint density at radius 1 is 1.07 bits per heavy atom. The Labute approximate surface area is 172 Å². The van der Waals surface area contributed by atoms with Crippen LogP contribution < -0.4 is 9.64 Å². The number of rotatable bonds is 4. The second kappa shape index (κ2) is 7.80. The molecule has 1 atom stereocenters. The van der Waals surface area contributed by atoms with E-state index in [1.165, 1.54) is 23.5 Å². The molecule has 7 heteroatoms. The van der Waals surface area contributed by atoms with Crippen LogP contribution in [0.5, 0.6) is 5.75 Å². The van der Waals surface area contributed by atoms with Crippen LogP contribution in [0.4, 0.5) is 5.69 Å². The molecule has 2 aromatic carbocycles. The van der Waals surface area contributed by atoms with Crippen molar-refractivity contribution in [3.8, 4) is 5.75 Å². The van der Waals surface area contributed by atoms with Crippen molar-refractivity contribution >= 4 is 21.6 Å². The van der Waals surface area contributed by atoms with Crippen LogP contribution in [-0.2, 0) is 16.4 Å². The molecular weight excluding hydrogens is 388 g/mol. The summed E-state index contributed by atoms with van der Waals surface area (Å²) in [5.41, 5.74) is 2.26. The van der Waals surface area contributed by atoms with Gasteiger partial charge in [0.05, 0.1) is 17.6 Å². The minimum Gasteiger partial charge on any atom is -0.496 e. The Morgan fingerprint density at radius 2 is 1.79 bits per heavy atom. The summed E-state index contributed by atoms with van der Waals surface area (Å²) in [7, 11) is -2.14. The first-order valence-corrected chi connectivity index (χ1v) is 11.5. The van der Waals surface area contributed by atoms with Crippen LogP contribution in [0.1, 0.15) is 42.1 Å². The van der Waals surface area contributed by atoms with Crippen molar-refractivity contribution in [2.24, 2.45) is 0 Å². The minimum absolute atomic E-state index is 0.00744. The Morgan fingerprint density at radius 3 is 2.52 bits per heavy atom. The fourth-order valence-electron chi connectivity index (χ4n) is 4.27. The standard InChI is InChI=1S/C22H26N2O4S/c1-16-14-17-8-4-5-9-20(17)24(16)22(25)19-15-18(10-11-21(19)28-2)29(26,27)23-12-6-3-7-13-23/h4-5,8-11,15-16H,3,6-7,12-14H2,1-2H3/t16-/m0/s1. The van der Waals surface area contributed by atoms with Gasteiger partial charge in [-0.3, -0.25) is 4.79 Å². The van der Waals surface area contributed by atoms with Crippen LogP contribution >= 0.6 is 0 Å². The van der Waals surface area contributed by atoms with Crippen molar-refractivity contribution < 1.29 is 17.9 Å². The van der Waals surface area contributed by atoms with E-state index in [4.69, 9.17) is 4.74 Å². The summed E-state index contributed by atoms with van der Waals surface area (Å²) in [5.74, 6) is 0.138. The number of amides is 1. The molecule has 6 nitrogen and oxygen atoms in total. The quantitative estimate of drug-likeness (QED) is 0.768. The van der Waals surface area contributed by atoms with Crippen LogP contribution in [0.15, 0.2) is 47.4 Å². The Kier molecular flexibility index (Phi) is 5.36. The zero-order valence-corrected chi connectivity index (χ0v) is 17.6. The zero-order chi connectivity index (χ0) is 20.6. The predicted molar refractivity (Wildman–Crippen MR) is 112 cm³/mol. The first kappa shape index (κ1) is 19.9. The van der Waals surface area contributed by atoms with Gasteiger partial charge in [-0.05, 0) is 56.0 Å². The topological polar surface area (TPSA) is 66.9 Å². The number of sulfonamides is 1. The number of anilines is 1.